The lowest BCUT2D eigenvalue weighted by Crippen LogP contribution is -2.33. The molecule has 0 spiro atoms. The first-order chi connectivity index (χ1) is 14.3. The quantitative estimate of drug-likeness (QED) is 0.489. The van der Waals surface area contributed by atoms with Gasteiger partial charge in [-0.15, -0.1) is 10.2 Å². The standard InChI is InChI=1S/C18H12Cl2N6O4/c1-25-17(28)10-5-3-2-4-9(10)16(24-25)30-13-11(19)6-8(7-12(13)20)26-18(29)22-15(27)14(21)23-26/h2-7H,1H3,(H2,21,23)(H,22,27,29). The van der Waals surface area contributed by atoms with Crippen LogP contribution < -0.4 is 27.3 Å². The summed E-state index contributed by atoms with van der Waals surface area (Å²) in [4.78, 5) is 37.8. The molecule has 0 aliphatic rings. The van der Waals surface area contributed by atoms with Crippen molar-refractivity contribution in [3.05, 3.63) is 77.6 Å². The smallest absolute Gasteiger partial charge is 0.349 e. The number of benzene rings is 2. The number of H-pyrrole nitrogens is 1. The largest absolute Gasteiger partial charge is 0.434 e. The normalized spacial score (nSPS) is 11.0. The molecule has 12 heteroatoms. The summed E-state index contributed by atoms with van der Waals surface area (Å²) in [6.07, 6.45) is 0. The molecular formula is C18H12Cl2N6O4. The summed E-state index contributed by atoms with van der Waals surface area (Å²) < 4.78 is 7.81. The number of aromatic amines is 1. The van der Waals surface area contributed by atoms with Crippen LogP contribution in [0, 0.1) is 0 Å². The van der Waals surface area contributed by atoms with Crippen molar-refractivity contribution in [2.75, 3.05) is 5.73 Å². The summed E-state index contributed by atoms with van der Waals surface area (Å²) >= 11 is 12.7. The molecule has 0 atom stereocenters. The fourth-order valence-corrected chi connectivity index (χ4v) is 3.34. The van der Waals surface area contributed by atoms with Gasteiger partial charge in [0.15, 0.2) is 5.75 Å². The zero-order valence-electron chi connectivity index (χ0n) is 15.2. The number of anilines is 1. The van der Waals surface area contributed by atoms with Crippen LogP contribution >= 0.6 is 23.2 Å². The number of fused-ring (bicyclic) bond motifs is 1. The monoisotopic (exact) mass is 446 g/mol. The lowest BCUT2D eigenvalue weighted by molar-refractivity contribution is 0.448. The molecule has 3 N–H and O–H groups in total. The third-order valence-corrected chi connectivity index (χ3v) is 4.76. The van der Waals surface area contributed by atoms with E-state index in [2.05, 4.69) is 10.2 Å². The topological polar surface area (TPSA) is 138 Å². The van der Waals surface area contributed by atoms with E-state index in [0.717, 1.165) is 9.36 Å². The fraction of sp³-hybridized carbons (Fsp3) is 0.0556. The van der Waals surface area contributed by atoms with Crippen LogP contribution in [0.25, 0.3) is 16.5 Å². The predicted octanol–water partition coefficient (Wildman–Crippen LogP) is 1.85. The van der Waals surface area contributed by atoms with Crippen LogP contribution in [0.3, 0.4) is 0 Å². The third-order valence-electron chi connectivity index (χ3n) is 4.20. The number of aromatic nitrogens is 5. The van der Waals surface area contributed by atoms with Gasteiger partial charge in [0.05, 0.1) is 26.5 Å². The molecule has 152 valence electrons. The second-order valence-electron chi connectivity index (χ2n) is 6.18. The molecule has 2 heterocycles. The van der Waals surface area contributed by atoms with Crippen LogP contribution in [0.2, 0.25) is 10.0 Å². The van der Waals surface area contributed by atoms with E-state index in [9.17, 15) is 14.4 Å². The minimum absolute atomic E-state index is 0.0377. The summed E-state index contributed by atoms with van der Waals surface area (Å²) in [5, 5.41) is 8.83. The van der Waals surface area contributed by atoms with Crippen LogP contribution in [0.5, 0.6) is 11.6 Å². The number of rotatable bonds is 3. The van der Waals surface area contributed by atoms with Crippen LogP contribution in [-0.4, -0.2) is 24.5 Å². The van der Waals surface area contributed by atoms with Crippen molar-refractivity contribution in [3.8, 4) is 17.3 Å². The number of nitrogens with one attached hydrogen (secondary N) is 1. The first-order valence-electron chi connectivity index (χ1n) is 8.38. The van der Waals surface area contributed by atoms with E-state index >= 15 is 0 Å². The SMILES string of the molecule is Cn1nc(Oc2c(Cl)cc(-n3nc(N)c(=O)[nH]c3=O)cc2Cl)c2ccccc2c1=O. The number of nitrogen functional groups attached to an aromatic ring is 1. The van der Waals surface area contributed by atoms with Gasteiger partial charge in [0, 0.05) is 7.05 Å². The van der Waals surface area contributed by atoms with Crippen molar-refractivity contribution >= 4 is 39.8 Å². The van der Waals surface area contributed by atoms with Crippen molar-refractivity contribution in [3.63, 3.8) is 0 Å². The Hall–Kier alpha value is -3.63. The molecule has 4 rings (SSSR count). The maximum Gasteiger partial charge on any atom is 0.349 e. The van der Waals surface area contributed by atoms with Gasteiger partial charge in [-0.1, -0.05) is 35.3 Å². The van der Waals surface area contributed by atoms with Crippen LogP contribution in [0.4, 0.5) is 5.82 Å². The van der Waals surface area contributed by atoms with Gasteiger partial charge in [0.25, 0.3) is 11.1 Å². The molecule has 30 heavy (non-hydrogen) atoms. The van der Waals surface area contributed by atoms with Crippen molar-refractivity contribution in [1.29, 1.82) is 0 Å². The second kappa shape index (κ2) is 7.32. The van der Waals surface area contributed by atoms with Gasteiger partial charge in [-0.05, 0) is 24.3 Å². The van der Waals surface area contributed by atoms with E-state index in [4.69, 9.17) is 33.7 Å². The van der Waals surface area contributed by atoms with Gasteiger partial charge in [-0.3, -0.25) is 14.6 Å². The van der Waals surface area contributed by atoms with E-state index in [0.29, 0.717) is 10.8 Å². The van der Waals surface area contributed by atoms with Gasteiger partial charge in [-0.2, -0.15) is 4.68 Å². The van der Waals surface area contributed by atoms with Crippen molar-refractivity contribution < 1.29 is 4.74 Å². The zero-order chi connectivity index (χ0) is 21.6. The molecule has 0 aliphatic carbocycles. The number of aryl methyl sites for hydroxylation is 1. The molecule has 0 aliphatic heterocycles. The van der Waals surface area contributed by atoms with Gasteiger partial charge >= 0.3 is 5.69 Å². The van der Waals surface area contributed by atoms with Gasteiger partial charge in [-0.25, -0.2) is 9.48 Å². The molecule has 0 unspecified atom stereocenters. The molecule has 2 aromatic carbocycles. The zero-order valence-corrected chi connectivity index (χ0v) is 16.7. The lowest BCUT2D eigenvalue weighted by atomic mass is 10.2. The Morgan fingerprint density at radius 1 is 1.03 bits per heavy atom. The Bertz CT molecular complexity index is 1470. The molecule has 0 saturated heterocycles. The predicted molar refractivity (Wildman–Crippen MR) is 112 cm³/mol. The molecule has 4 aromatic rings. The van der Waals surface area contributed by atoms with Gasteiger partial charge in [0.1, 0.15) is 0 Å². The van der Waals surface area contributed by atoms with E-state index < -0.39 is 17.1 Å². The summed E-state index contributed by atoms with van der Waals surface area (Å²) in [5.41, 5.74) is 3.72. The fourth-order valence-electron chi connectivity index (χ4n) is 2.79. The number of hydrogen-bond donors (Lipinski definition) is 2. The number of halogens is 2. The molecule has 0 saturated carbocycles. The molecule has 0 bridgehead atoms. The first kappa shape index (κ1) is 19.7. The third kappa shape index (κ3) is 3.31. The van der Waals surface area contributed by atoms with Crippen LogP contribution in [0.15, 0.2) is 50.8 Å². The minimum atomic E-state index is -0.819. The first-order valence-corrected chi connectivity index (χ1v) is 9.14. The Morgan fingerprint density at radius 2 is 1.67 bits per heavy atom. The van der Waals surface area contributed by atoms with Gasteiger partial charge in [0.2, 0.25) is 11.7 Å². The van der Waals surface area contributed by atoms with E-state index in [1.165, 1.54) is 19.2 Å². The Kier molecular flexibility index (Phi) is 4.80. The number of ether oxygens (including phenoxy) is 1. The second-order valence-corrected chi connectivity index (χ2v) is 6.99. The minimum Gasteiger partial charge on any atom is -0.434 e. The molecule has 0 radical (unpaired) electrons. The maximum absolute atomic E-state index is 12.3. The molecule has 2 aromatic heterocycles. The summed E-state index contributed by atoms with van der Waals surface area (Å²) in [6, 6.07) is 9.52. The Balaban J connectivity index is 1.84. The van der Waals surface area contributed by atoms with E-state index in [1.54, 1.807) is 24.3 Å². The highest BCUT2D eigenvalue weighted by molar-refractivity contribution is 6.37. The average molecular weight is 447 g/mol. The van der Waals surface area contributed by atoms with E-state index in [-0.39, 0.29) is 32.9 Å². The molecule has 10 nitrogen and oxygen atoms in total. The van der Waals surface area contributed by atoms with Crippen LogP contribution in [-0.2, 0) is 7.05 Å². The molecule has 0 amide bonds. The van der Waals surface area contributed by atoms with Crippen molar-refractivity contribution in [2.24, 2.45) is 7.05 Å². The number of nitrogens with two attached hydrogens (primary N) is 1. The average Bonchev–Trinajstić information content (AvgIpc) is 2.71. The molecule has 0 fully saturated rings. The number of hydrogen-bond acceptors (Lipinski definition) is 7. The maximum atomic E-state index is 12.3. The highest BCUT2D eigenvalue weighted by Gasteiger charge is 2.17. The van der Waals surface area contributed by atoms with E-state index in [1.807, 2.05) is 4.98 Å². The highest BCUT2D eigenvalue weighted by atomic mass is 35.5. The Morgan fingerprint density at radius 3 is 2.33 bits per heavy atom. The Labute approximate surface area is 177 Å². The van der Waals surface area contributed by atoms with Gasteiger partial charge < -0.3 is 10.5 Å². The lowest BCUT2D eigenvalue weighted by Gasteiger charge is -2.13. The summed E-state index contributed by atoms with van der Waals surface area (Å²) in [6.45, 7) is 0. The molecular weight excluding hydrogens is 435 g/mol. The summed E-state index contributed by atoms with van der Waals surface area (Å²) in [5.74, 6) is -0.222. The summed E-state index contributed by atoms with van der Waals surface area (Å²) in [7, 11) is 1.49. The highest BCUT2D eigenvalue weighted by Crippen LogP contribution is 2.38. The van der Waals surface area contributed by atoms with Crippen LogP contribution in [0.1, 0.15) is 0 Å². The van der Waals surface area contributed by atoms with Crippen molar-refractivity contribution in [2.45, 2.75) is 0 Å². The van der Waals surface area contributed by atoms with Crippen molar-refractivity contribution in [1.82, 2.24) is 24.5 Å². The number of nitrogens with zero attached hydrogens (tertiary/aromatic N) is 4.